The predicted molar refractivity (Wildman–Crippen MR) is 74.8 cm³/mol. The van der Waals surface area contributed by atoms with Crippen LogP contribution in [-0.2, 0) is 0 Å². The zero-order valence-electron chi connectivity index (χ0n) is 9.35. The Kier molecular flexibility index (Phi) is 3.75. The number of anilines is 1. The van der Waals surface area contributed by atoms with Crippen molar-refractivity contribution in [3.63, 3.8) is 0 Å². The number of amides is 1. The van der Waals surface area contributed by atoms with Crippen molar-refractivity contribution in [2.24, 2.45) is 0 Å². The molecule has 0 bridgehead atoms. The molecule has 0 saturated heterocycles. The van der Waals surface area contributed by atoms with Gasteiger partial charge in [0.2, 0.25) is 0 Å². The maximum atomic E-state index is 11.9. The van der Waals surface area contributed by atoms with E-state index >= 15 is 0 Å². The molecule has 0 heterocycles. The number of nitrogens with one attached hydrogen (secondary N) is 1. The molecule has 3 nitrogen and oxygen atoms in total. The van der Waals surface area contributed by atoms with Crippen LogP contribution in [0.4, 0.5) is 11.4 Å². The van der Waals surface area contributed by atoms with Gasteiger partial charge in [-0.3, -0.25) is 4.79 Å². The number of nitrogens with zero attached hydrogens (tertiary/aromatic N) is 1. The van der Waals surface area contributed by atoms with Gasteiger partial charge in [0.05, 0.1) is 6.57 Å². The summed E-state index contributed by atoms with van der Waals surface area (Å²) in [6.07, 6.45) is 0. The molecule has 2 rings (SSSR count). The van der Waals surface area contributed by atoms with Gasteiger partial charge in [-0.1, -0.05) is 28.1 Å². The Labute approximate surface area is 113 Å². The van der Waals surface area contributed by atoms with Crippen LogP contribution in [0.2, 0.25) is 0 Å². The molecule has 0 aliphatic heterocycles. The van der Waals surface area contributed by atoms with E-state index in [1.54, 1.807) is 36.4 Å². The first-order valence-corrected chi connectivity index (χ1v) is 6.03. The summed E-state index contributed by atoms with van der Waals surface area (Å²) in [7, 11) is 0. The Morgan fingerprint density at radius 1 is 1.06 bits per heavy atom. The van der Waals surface area contributed by atoms with E-state index in [-0.39, 0.29) is 5.91 Å². The largest absolute Gasteiger partial charge is 0.322 e. The molecule has 88 valence electrons. The van der Waals surface area contributed by atoms with E-state index in [1.807, 2.05) is 12.1 Å². The lowest BCUT2D eigenvalue weighted by atomic mass is 10.2. The normalized spacial score (nSPS) is 9.56. The van der Waals surface area contributed by atoms with Gasteiger partial charge in [0.15, 0.2) is 5.69 Å². The van der Waals surface area contributed by atoms with Gasteiger partial charge in [0.25, 0.3) is 5.91 Å². The zero-order valence-corrected chi connectivity index (χ0v) is 10.9. The van der Waals surface area contributed by atoms with E-state index in [2.05, 4.69) is 26.1 Å². The van der Waals surface area contributed by atoms with Crippen LogP contribution in [0.15, 0.2) is 53.0 Å². The molecule has 0 aromatic heterocycles. The lowest BCUT2D eigenvalue weighted by Crippen LogP contribution is -2.11. The Balaban J connectivity index is 2.11. The van der Waals surface area contributed by atoms with Crippen molar-refractivity contribution in [3.8, 4) is 0 Å². The average molecular weight is 301 g/mol. The molecule has 0 unspecified atom stereocenters. The van der Waals surface area contributed by atoms with Crippen LogP contribution in [0, 0.1) is 6.57 Å². The monoisotopic (exact) mass is 300 g/mol. The number of rotatable bonds is 2. The van der Waals surface area contributed by atoms with Gasteiger partial charge in [-0.25, -0.2) is 4.85 Å². The lowest BCUT2D eigenvalue weighted by molar-refractivity contribution is 0.102. The summed E-state index contributed by atoms with van der Waals surface area (Å²) < 4.78 is 0.931. The number of carbonyl (C=O) groups excluding carboxylic acids is 1. The van der Waals surface area contributed by atoms with Crippen LogP contribution in [0.5, 0.6) is 0 Å². The lowest BCUT2D eigenvalue weighted by Gasteiger charge is -2.05. The van der Waals surface area contributed by atoms with Crippen molar-refractivity contribution in [2.75, 3.05) is 5.32 Å². The first kappa shape index (κ1) is 12.3. The van der Waals surface area contributed by atoms with E-state index in [4.69, 9.17) is 6.57 Å². The van der Waals surface area contributed by atoms with Gasteiger partial charge >= 0.3 is 0 Å². The second kappa shape index (κ2) is 5.48. The van der Waals surface area contributed by atoms with Crippen LogP contribution in [0.3, 0.4) is 0 Å². The number of benzene rings is 2. The quantitative estimate of drug-likeness (QED) is 0.826. The minimum absolute atomic E-state index is 0.168. The van der Waals surface area contributed by atoms with Gasteiger partial charge in [-0.15, -0.1) is 0 Å². The summed E-state index contributed by atoms with van der Waals surface area (Å²) in [5.41, 5.74) is 1.82. The van der Waals surface area contributed by atoms with Crippen molar-refractivity contribution in [1.82, 2.24) is 0 Å². The van der Waals surface area contributed by atoms with Crippen LogP contribution in [-0.4, -0.2) is 5.91 Å². The standard InChI is InChI=1S/C14H9BrN2O/c1-16-12-6-8-13(9-7-12)17-14(18)10-2-4-11(15)5-3-10/h2-9H,(H,17,18). The third kappa shape index (κ3) is 2.96. The Morgan fingerprint density at radius 2 is 1.67 bits per heavy atom. The summed E-state index contributed by atoms with van der Waals surface area (Å²) in [4.78, 5) is 15.2. The molecular formula is C14H9BrN2O. The van der Waals surface area contributed by atoms with Crippen LogP contribution in [0.1, 0.15) is 10.4 Å². The molecule has 2 aromatic rings. The molecule has 4 heteroatoms. The van der Waals surface area contributed by atoms with Crippen molar-refractivity contribution >= 4 is 33.2 Å². The smallest absolute Gasteiger partial charge is 0.255 e. The first-order chi connectivity index (χ1) is 8.69. The number of hydrogen-bond donors (Lipinski definition) is 1. The summed E-state index contributed by atoms with van der Waals surface area (Å²) in [5, 5.41) is 2.77. The van der Waals surface area contributed by atoms with Gasteiger partial charge in [0, 0.05) is 15.7 Å². The maximum absolute atomic E-state index is 11.9. The molecule has 18 heavy (non-hydrogen) atoms. The fraction of sp³-hybridized carbons (Fsp3) is 0. The van der Waals surface area contributed by atoms with Crippen molar-refractivity contribution in [3.05, 3.63) is 70.0 Å². The molecule has 2 aromatic carbocycles. The second-order valence-corrected chi connectivity index (χ2v) is 4.54. The van der Waals surface area contributed by atoms with Crippen molar-refractivity contribution in [2.45, 2.75) is 0 Å². The Morgan fingerprint density at radius 3 is 2.22 bits per heavy atom. The third-order valence-electron chi connectivity index (χ3n) is 2.36. The van der Waals surface area contributed by atoms with Crippen molar-refractivity contribution in [1.29, 1.82) is 0 Å². The molecule has 1 N–H and O–H groups in total. The van der Waals surface area contributed by atoms with E-state index in [0.29, 0.717) is 16.9 Å². The molecule has 0 spiro atoms. The fourth-order valence-corrected chi connectivity index (χ4v) is 1.69. The molecule has 0 radical (unpaired) electrons. The Bertz CT molecular complexity index is 597. The molecule has 0 fully saturated rings. The van der Waals surface area contributed by atoms with E-state index in [1.165, 1.54) is 0 Å². The molecule has 0 aliphatic rings. The molecule has 1 amide bonds. The van der Waals surface area contributed by atoms with Crippen molar-refractivity contribution < 1.29 is 4.79 Å². The second-order valence-electron chi connectivity index (χ2n) is 3.62. The van der Waals surface area contributed by atoms with Crippen LogP contribution < -0.4 is 5.32 Å². The van der Waals surface area contributed by atoms with E-state index < -0.39 is 0 Å². The van der Waals surface area contributed by atoms with Gasteiger partial charge in [-0.2, -0.15) is 0 Å². The summed E-state index contributed by atoms with van der Waals surface area (Å²) in [5.74, 6) is -0.168. The molecule has 0 atom stereocenters. The highest BCUT2D eigenvalue weighted by Gasteiger charge is 2.05. The van der Waals surface area contributed by atoms with Gasteiger partial charge < -0.3 is 5.32 Å². The topological polar surface area (TPSA) is 33.5 Å². The number of carbonyl (C=O) groups is 1. The summed E-state index contributed by atoms with van der Waals surface area (Å²) >= 11 is 3.32. The summed E-state index contributed by atoms with van der Waals surface area (Å²) in [6.45, 7) is 6.84. The minimum atomic E-state index is -0.168. The highest BCUT2D eigenvalue weighted by molar-refractivity contribution is 9.10. The molecule has 0 aliphatic carbocycles. The van der Waals surface area contributed by atoms with E-state index in [9.17, 15) is 4.79 Å². The fourth-order valence-electron chi connectivity index (χ4n) is 1.42. The van der Waals surface area contributed by atoms with Gasteiger partial charge in [-0.05, 0) is 36.4 Å². The van der Waals surface area contributed by atoms with E-state index in [0.717, 1.165) is 4.47 Å². The predicted octanol–water partition coefficient (Wildman–Crippen LogP) is 4.25. The minimum Gasteiger partial charge on any atom is -0.322 e. The zero-order chi connectivity index (χ0) is 13.0. The average Bonchev–Trinajstić information content (AvgIpc) is 2.40. The molecular weight excluding hydrogens is 292 g/mol. The SMILES string of the molecule is [C-]#[N+]c1ccc(NC(=O)c2ccc(Br)cc2)cc1. The highest BCUT2D eigenvalue weighted by atomic mass is 79.9. The number of hydrogen-bond acceptors (Lipinski definition) is 1. The third-order valence-corrected chi connectivity index (χ3v) is 2.89. The number of halogens is 1. The van der Waals surface area contributed by atoms with Crippen LogP contribution in [0.25, 0.3) is 4.85 Å². The maximum Gasteiger partial charge on any atom is 0.255 e. The summed E-state index contributed by atoms with van der Waals surface area (Å²) in [6, 6.07) is 13.9. The Hall–Kier alpha value is -2.12. The van der Waals surface area contributed by atoms with Crippen LogP contribution >= 0.6 is 15.9 Å². The first-order valence-electron chi connectivity index (χ1n) is 5.23. The highest BCUT2D eigenvalue weighted by Crippen LogP contribution is 2.17. The van der Waals surface area contributed by atoms with Gasteiger partial charge in [0.1, 0.15) is 0 Å². The molecule has 0 saturated carbocycles.